The average molecular weight is 976 g/mol. The van der Waals surface area contributed by atoms with E-state index in [1.54, 1.807) is 66.2 Å². The summed E-state index contributed by atoms with van der Waals surface area (Å²) in [6.45, 7) is 19.3. The third kappa shape index (κ3) is 8.15. The van der Waals surface area contributed by atoms with E-state index in [2.05, 4.69) is 19.7 Å². The highest BCUT2D eigenvalue weighted by atomic mass is 35.5. The molecule has 2 atom stereocenters. The summed E-state index contributed by atoms with van der Waals surface area (Å²) in [6.07, 6.45) is 2.46. The third-order valence-corrected chi connectivity index (χ3v) is 17.1. The summed E-state index contributed by atoms with van der Waals surface area (Å²) in [6, 6.07) is 14.4. The number of esters is 2. The third-order valence-electron chi connectivity index (χ3n) is 13.6. The van der Waals surface area contributed by atoms with Crippen LogP contribution in [0.4, 0.5) is 0 Å². The number of phenols is 1. The van der Waals surface area contributed by atoms with Gasteiger partial charge in [-0.1, -0.05) is 54.6 Å². The molecule has 0 saturated heterocycles. The summed E-state index contributed by atoms with van der Waals surface area (Å²) in [4.78, 5) is 71.4. The van der Waals surface area contributed by atoms with Crippen molar-refractivity contribution in [1.29, 1.82) is 0 Å². The molecule has 10 rings (SSSR count). The van der Waals surface area contributed by atoms with Crippen LogP contribution >= 0.6 is 11.6 Å². The number of carbonyl (C=O) groups is 2. The van der Waals surface area contributed by atoms with E-state index < -0.39 is 33.6 Å². The Balaban J connectivity index is 0.000000163. The lowest BCUT2D eigenvalue weighted by molar-refractivity contribution is -0.172. The molecule has 0 fully saturated rings. The summed E-state index contributed by atoms with van der Waals surface area (Å²) < 4.78 is 18.8. The zero-order chi connectivity index (χ0) is 49.4. The van der Waals surface area contributed by atoms with Gasteiger partial charge in [-0.2, -0.15) is 0 Å². The molecule has 0 saturated carbocycles. The van der Waals surface area contributed by atoms with Gasteiger partial charge in [0.25, 0.3) is 11.1 Å². The van der Waals surface area contributed by atoms with Crippen molar-refractivity contribution in [3.8, 4) is 28.5 Å². The minimum Gasteiger partial charge on any atom is -0.508 e. The number of cyclic esters (lactones) is 2. The van der Waals surface area contributed by atoms with Crippen molar-refractivity contribution in [2.45, 2.75) is 104 Å². The second-order valence-electron chi connectivity index (χ2n) is 19.0. The number of nitrogens with zero attached hydrogens (tertiary/aromatic N) is 4. The molecule has 4 aliphatic heterocycles. The molecular weight excluding hydrogens is 920 g/mol. The molecule has 354 valence electrons. The van der Waals surface area contributed by atoms with Crippen molar-refractivity contribution in [3.63, 3.8) is 0 Å². The summed E-state index contributed by atoms with van der Waals surface area (Å²) in [5.74, 6) is -0.961. The summed E-state index contributed by atoms with van der Waals surface area (Å²) in [5.41, 5.74) is 9.77. The van der Waals surface area contributed by atoms with E-state index in [0.717, 1.165) is 50.1 Å². The van der Waals surface area contributed by atoms with E-state index in [1.807, 2.05) is 56.8 Å². The molecule has 14 nitrogen and oxygen atoms in total. The number of carbonyl (C=O) groups excluding carboxylic acids is 2. The Labute approximate surface area is 400 Å². The van der Waals surface area contributed by atoms with Crippen molar-refractivity contribution in [3.05, 3.63) is 137 Å². The molecular formula is C51H55ClN4O10Si2. The van der Waals surface area contributed by atoms with Crippen LogP contribution in [-0.2, 0) is 60.8 Å². The molecule has 0 amide bonds. The number of rotatable bonds is 6. The molecule has 4 aromatic heterocycles. The first-order chi connectivity index (χ1) is 32.0. The maximum absolute atomic E-state index is 13.4. The first-order valence-electron chi connectivity index (χ1n) is 22.5. The van der Waals surface area contributed by atoms with Crippen molar-refractivity contribution in [1.82, 2.24) is 19.1 Å². The van der Waals surface area contributed by atoms with Crippen LogP contribution in [0.3, 0.4) is 0 Å². The Morgan fingerprint density at radius 2 is 1.37 bits per heavy atom. The standard InChI is InChI=1S/C24H24N2O6Si.C22H19ClN2O3.C5H12OSi/c1-4-24(30)18-10-20-21-16(11-26(20)22(28)17(18)12-32-23(24)29)14(7-8-33(2,3)31)15-9-13(27)5-6-19(15)25-21;1-4-22(3)15-8-17-19-13(9-25(17)20(26)14(15)10-28-21(22)27)18(23)12-7-11(2)5-6-16(12)24-19;1-5-7(3,4)6-2/h5-10,27,30-31H,4,11-12H2,1-3H3;5-8H,4,9-10H2,1-3H3;5H,1H2,2-4H3/b8-7+;;/t24-;22-;/m01./s1. The molecule has 4 aliphatic rings. The fourth-order valence-electron chi connectivity index (χ4n) is 8.97. The van der Waals surface area contributed by atoms with E-state index in [1.165, 1.54) is 0 Å². The van der Waals surface area contributed by atoms with Gasteiger partial charge in [-0.15, -0.1) is 6.58 Å². The van der Waals surface area contributed by atoms with E-state index in [-0.39, 0.29) is 60.1 Å². The number of pyridine rings is 4. The zero-order valence-electron chi connectivity index (χ0n) is 39.7. The second kappa shape index (κ2) is 17.5. The van der Waals surface area contributed by atoms with Crippen LogP contribution in [0.15, 0.2) is 76.1 Å². The van der Waals surface area contributed by atoms with E-state index in [0.29, 0.717) is 45.8 Å². The van der Waals surface area contributed by atoms with Crippen molar-refractivity contribution in [2.75, 3.05) is 7.11 Å². The number of hydrogen-bond donors (Lipinski definition) is 3. The van der Waals surface area contributed by atoms with Gasteiger partial charge in [0.15, 0.2) is 5.60 Å². The first-order valence-corrected chi connectivity index (χ1v) is 28.9. The van der Waals surface area contributed by atoms with E-state index in [4.69, 9.17) is 35.5 Å². The largest absolute Gasteiger partial charge is 0.508 e. The quantitative estimate of drug-likeness (QED) is 0.107. The SMILES string of the molecule is C=C[Si](C)(C)OC.CC[C@@]1(C)C(=O)OCc2c1cc1n(c2=O)Cc2c-1nc1ccc(C)cc1c2Cl.CC[C@@]1(O)C(=O)OCc2c1cc1n(c2=O)Cc2c-1nc1ccc(O)cc1c2/C=C/[Si](C)(C)O. The number of halogens is 1. The van der Waals surface area contributed by atoms with Crippen LogP contribution in [0.25, 0.3) is 50.7 Å². The van der Waals surface area contributed by atoms with Crippen LogP contribution < -0.4 is 11.1 Å². The molecule has 0 spiro atoms. The molecule has 8 heterocycles. The monoisotopic (exact) mass is 974 g/mol. The van der Waals surface area contributed by atoms with Gasteiger partial charge in [0.1, 0.15) is 19.0 Å². The Morgan fingerprint density at radius 3 is 1.94 bits per heavy atom. The highest BCUT2D eigenvalue weighted by Gasteiger charge is 2.46. The zero-order valence-corrected chi connectivity index (χ0v) is 42.4. The van der Waals surface area contributed by atoms with Gasteiger partial charge in [0.2, 0.25) is 16.6 Å². The maximum atomic E-state index is 13.4. The van der Waals surface area contributed by atoms with Crippen LogP contribution in [0, 0.1) is 6.92 Å². The summed E-state index contributed by atoms with van der Waals surface area (Å²) in [7, 11) is -2.19. The van der Waals surface area contributed by atoms with Gasteiger partial charge in [-0.25, -0.2) is 14.8 Å². The van der Waals surface area contributed by atoms with Crippen LogP contribution in [-0.4, -0.2) is 69.8 Å². The van der Waals surface area contributed by atoms with Gasteiger partial charge in [-0.05, 0) is 106 Å². The number of hydrogen-bond acceptors (Lipinski definition) is 12. The van der Waals surface area contributed by atoms with Gasteiger partial charge < -0.3 is 38.0 Å². The van der Waals surface area contributed by atoms with Gasteiger partial charge in [0.05, 0.1) is 68.5 Å². The molecule has 0 unspecified atom stereocenters. The van der Waals surface area contributed by atoms with Crippen LogP contribution in [0.1, 0.15) is 78.1 Å². The summed E-state index contributed by atoms with van der Waals surface area (Å²) >= 11 is 6.73. The second-order valence-corrected chi connectivity index (χ2v) is 27.0. The number of fused-ring (bicyclic) bond motifs is 10. The minimum atomic E-state index is -2.54. The Bertz CT molecular complexity index is 3300. The average Bonchev–Trinajstić information content (AvgIpc) is 3.87. The molecule has 0 aliphatic carbocycles. The first kappa shape index (κ1) is 48.4. The highest BCUT2D eigenvalue weighted by molar-refractivity contribution is 6.76. The van der Waals surface area contributed by atoms with Crippen molar-refractivity contribution in [2.24, 2.45) is 0 Å². The molecule has 0 bridgehead atoms. The van der Waals surface area contributed by atoms with Gasteiger partial charge in [-0.3, -0.25) is 14.4 Å². The van der Waals surface area contributed by atoms with E-state index >= 15 is 0 Å². The van der Waals surface area contributed by atoms with Crippen molar-refractivity contribution >= 4 is 68.1 Å². The molecule has 6 aromatic rings. The molecule has 0 radical (unpaired) electrons. The van der Waals surface area contributed by atoms with Crippen molar-refractivity contribution < 1.29 is 38.5 Å². The lowest BCUT2D eigenvalue weighted by atomic mass is 9.76. The normalized spacial score (nSPS) is 18.8. The number of aromatic hydroxyl groups is 1. The fourth-order valence-corrected chi connectivity index (χ4v) is 10.0. The number of aromatic nitrogens is 4. The Kier molecular flexibility index (Phi) is 12.5. The smallest absolute Gasteiger partial charge is 0.343 e. The van der Waals surface area contributed by atoms with E-state index in [9.17, 15) is 34.2 Å². The minimum absolute atomic E-state index is 0.0154. The number of ether oxygens (including phenoxy) is 2. The predicted octanol–water partition coefficient (Wildman–Crippen LogP) is 8.21. The Morgan fingerprint density at radius 1 is 0.809 bits per heavy atom. The van der Waals surface area contributed by atoms with Crippen LogP contribution in [0.2, 0.25) is 31.2 Å². The van der Waals surface area contributed by atoms with Crippen LogP contribution in [0.5, 0.6) is 5.75 Å². The Hall–Kier alpha value is -6.02. The molecule has 2 aromatic carbocycles. The molecule has 3 N–H and O–H groups in total. The maximum Gasteiger partial charge on any atom is 0.343 e. The van der Waals surface area contributed by atoms with Gasteiger partial charge in [0, 0.05) is 34.6 Å². The fraction of sp³-hybridized carbons (Fsp3) is 0.333. The lowest BCUT2D eigenvalue weighted by Crippen LogP contribution is -2.44. The number of aryl methyl sites for hydroxylation is 1. The lowest BCUT2D eigenvalue weighted by Gasteiger charge is -2.33. The predicted molar refractivity (Wildman–Crippen MR) is 267 cm³/mol. The molecule has 17 heteroatoms. The number of benzene rings is 2. The summed E-state index contributed by atoms with van der Waals surface area (Å²) in [5, 5.41) is 23.3. The number of phenolic OH excluding ortho intramolecular Hbond substituents is 1. The highest BCUT2D eigenvalue weighted by Crippen LogP contribution is 2.44. The molecule has 68 heavy (non-hydrogen) atoms. The number of aliphatic hydroxyl groups is 1. The van der Waals surface area contributed by atoms with Gasteiger partial charge >= 0.3 is 11.9 Å². The topological polar surface area (TPSA) is 192 Å².